The Labute approximate surface area is 113 Å². The summed E-state index contributed by atoms with van der Waals surface area (Å²) in [6.07, 6.45) is 0. The summed E-state index contributed by atoms with van der Waals surface area (Å²) in [6, 6.07) is 12.2. The zero-order valence-corrected chi connectivity index (χ0v) is 11.2. The molecule has 17 heavy (non-hydrogen) atoms. The van der Waals surface area contributed by atoms with Crippen LogP contribution in [-0.2, 0) is 6.54 Å². The number of benzene rings is 2. The molecule has 2 aromatic rings. The van der Waals surface area contributed by atoms with Crippen molar-refractivity contribution in [1.82, 2.24) is 0 Å². The highest BCUT2D eigenvalue weighted by Gasteiger charge is 2.01. The Morgan fingerprint density at radius 2 is 1.82 bits per heavy atom. The molecule has 0 amide bonds. The van der Waals surface area contributed by atoms with Crippen LogP contribution < -0.4 is 5.32 Å². The van der Waals surface area contributed by atoms with Gasteiger partial charge in [-0.15, -0.1) is 0 Å². The molecule has 2 aromatic carbocycles. The maximum absolute atomic E-state index is 13.0. The third-order valence-electron chi connectivity index (χ3n) is 2.32. The predicted molar refractivity (Wildman–Crippen MR) is 72.9 cm³/mol. The summed E-state index contributed by atoms with van der Waals surface area (Å²) in [7, 11) is 0. The van der Waals surface area contributed by atoms with Crippen molar-refractivity contribution in [3.05, 3.63) is 63.3 Å². The van der Waals surface area contributed by atoms with Crippen LogP contribution >= 0.6 is 27.5 Å². The van der Waals surface area contributed by atoms with Gasteiger partial charge >= 0.3 is 0 Å². The highest BCUT2D eigenvalue weighted by atomic mass is 79.9. The number of hydrogen-bond donors (Lipinski definition) is 1. The summed E-state index contributed by atoms with van der Waals surface area (Å²) in [5, 5.41) is 3.62. The average Bonchev–Trinajstić information content (AvgIpc) is 2.32. The highest BCUT2D eigenvalue weighted by Crippen LogP contribution is 2.23. The van der Waals surface area contributed by atoms with Crippen molar-refractivity contribution in [1.29, 1.82) is 0 Å². The SMILES string of the molecule is Fc1ccc(Cl)c(NCc2ccc(Br)cc2)c1. The van der Waals surface area contributed by atoms with Crippen molar-refractivity contribution in [3.8, 4) is 0 Å². The van der Waals surface area contributed by atoms with Crippen molar-refractivity contribution in [2.75, 3.05) is 5.32 Å². The number of hydrogen-bond acceptors (Lipinski definition) is 1. The Morgan fingerprint density at radius 3 is 2.53 bits per heavy atom. The van der Waals surface area contributed by atoms with Gasteiger partial charge in [0.1, 0.15) is 5.82 Å². The molecule has 0 spiro atoms. The van der Waals surface area contributed by atoms with Gasteiger partial charge in [-0.3, -0.25) is 0 Å². The van der Waals surface area contributed by atoms with E-state index in [2.05, 4.69) is 21.2 Å². The fourth-order valence-corrected chi connectivity index (χ4v) is 1.88. The number of anilines is 1. The minimum atomic E-state index is -0.298. The molecule has 0 aliphatic heterocycles. The van der Waals surface area contributed by atoms with Crippen LogP contribution in [-0.4, -0.2) is 0 Å². The van der Waals surface area contributed by atoms with Gasteiger partial charge in [-0.05, 0) is 35.9 Å². The molecule has 2 rings (SSSR count). The van der Waals surface area contributed by atoms with Gasteiger partial charge in [-0.1, -0.05) is 39.7 Å². The van der Waals surface area contributed by atoms with E-state index in [9.17, 15) is 4.39 Å². The van der Waals surface area contributed by atoms with Crippen LogP contribution in [0.2, 0.25) is 5.02 Å². The minimum absolute atomic E-state index is 0.298. The Balaban J connectivity index is 2.07. The van der Waals surface area contributed by atoms with E-state index in [4.69, 9.17) is 11.6 Å². The Kier molecular flexibility index (Phi) is 4.02. The molecule has 0 aromatic heterocycles. The molecule has 0 aliphatic carbocycles. The lowest BCUT2D eigenvalue weighted by Crippen LogP contribution is -2.00. The van der Waals surface area contributed by atoms with Crippen molar-refractivity contribution < 1.29 is 4.39 Å². The van der Waals surface area contributed by atoms with Gasteiger partial charge in [0.2, 0.25) is 0 Å². The second-order valence-corrected chi connectivity index (χ2v) is 4.93. The Morgan fingerprint density at radius 1 is 1.12 bits per heavy atom. The lowest BCUT2D eigenvalue weighted by Gasteiger charge is -2.08. The largest absolute Gasteiger partial charge is 0.380 e. The van der Waals surface area contributed by atoms with Gasteiger partial charge in [0, 0.05) is 11.0 Å². The summed E-state index contributed by atoms with van der Waals surface area (Å²) < 4.78 is 14.1. The first-order valence-electron chi connectivity index (χ1n) is 5.08. The molecule has 0 fully saturated rings. The van der Waals surface area contributed by atoms with Gasteiger partial charge < -0.3 is 5.32 Å². The fraction of sp³-hybridized carbons (Fsp3) is 0.0769. The molecule has 4 heteroatoms. The van der Waals surface area contributed by atoms with Crippen LogP contribution in [0, 0.1) is 5.82 Å². The molecular weight excluding hydrogens is 305 g/mol. The lowest BCUT2D eigenvalue weighted by atomic mass is 10.2. The van der Waals surface area contributed by atoms with Gasteiger partial charge in [0.05, 0.1) is 10.7 Å². The third-order valence-corrected chi connectivity index (χ3v) is 3.18. The summed E-state index contributed by atoms with van der Waals surface area (Å²) in [5.41, 5.74) is 1.71. The maximum atomic E-state index is 13.0. The zero-order chi connectivity index (χ0) is 12.3. The first-order chi connectivity index (χ1) is 8.15. The smallest absolute Gasteiger partial charge is 0.125 e. The van der Waals surface area contributed by atoms with Crippen molar-refractivity contribution in [3.63, 3.8) is 0 Å². The maximum Gasteiger partial charge on any atom is 0.125 e. The highest BCUT2D eigenvalue weighted by molar-refractivity contribution is 9.10. The van der Waals surface area contributed by atoms with E-state index in [0.29, 0.717) is 17.3 Å². The minimum Gasteiger partial charge on any atom is -0.380 e. The first-order valence-corrected chi connectivity index (χ1v) is 6.25. The van der Waals surface area contributed by atoms with Crippen LogP contribution in [0.4, 0.5) is 10.1 Å². The number of nitrogens with one attached hydrogen (secondary N) is 1. The number of rotatable bonds is 3. The molecule has 0 saturated heterocycles. The van der Waals surface area contributed by atoms with Gasteiger partial charge in [-0.25, -0.2) is 4.39 Å². The van der Waals surface area contributed by atoms with E-state index in [1.807, 2.05) is 24.3 Å². The Hall–Kier alpha value is -1.06. The van der Waals surface area contributed by atoms with Crippen LogP contribution in [0.5, 0.6) is 0 Å². The van der Waals surface area contributed by atoms with E-state index < -0.39 is 0 Å². The molecule has 0 unspecified atom stereocenters. The van der Waals surface area contributed by atoms with E-state index in [1.54, 1.807) is 6.07 Å². The summed E-state index contributed by atoms with van der Waals surface area (Å²) in [5.74, 6) is -0.298. The normalized spacial score (nSPS) is 10.3. The van der Waals surface area contributed by atoms with E-state index in [-0.39, 0.29) is 5.82 Å². The molecular formula is C13H10BrClFN. The molecule has 0 bridgehead atoms. The van der Waals surface area contributed by atoms with Gasteiger partial charge in [0.25, 0.3) is 0 Å². The summed E-state index contributed by atoms with van der Waals surface area (Å²) in [4.78, 5) is 0. The monoisotopic (exact) mass is 313 g/mol. The quantitative estimate of drug-likeness (QED) is 0.853. The van der Waals surface area contributed by atoms with Crippen LogP contribution in [0.15, 0.2) is 46.9 Å². The summed E-state index contributed by atoms with van der Waals surface area (Å²) in [6.45, 7) is 0.608. The van der Waals surface area contributed by atoms with Crippen molar-refractivity contribution >= 4 is 33.2 Å². The molecule has 0 heterocycles. The van der Waals surface area contributed by atoms with E-state index in [0.717, 1.165) is 10.0 Å². The Bertz CT molecular complexity index is 513. The van der Waals surface area contributed by atoms with Crippen molar-refractivity contribution in [2.24, 2.45) is 0 Å². The van der Waals surface area contributed by atoms with Gasteiger partial charge in [0.15, 0.2) is 0 Å². The number of halogens is 3. The second kappa shape index (κ2) is 5.52. The zero-order valence-electron chi connectivity index (χ0n) is 8.88. The van der Waals surface area contributed by atoms with Crippen LogP contribution in [0.25, 0.3) is 0 Å². The molecule has 0 saturated carbocycles. The average molecular weight is 315 g/mol. The fourth-order valence-electron chi connectivity index (χ4n) is 1.43. The first kappa shape index (κ1) is 12.4. The van der Waals surface area contributed by atoms with Gasteiger partial charge in [-0.2, -0.15) is 0 Å². The molecule has 0 aliphatic rings. The standard InChI is InChI=1S/C13H10BrClFN/c14-10-3-1-9(2-4-10)8-17-13-7-11(16)5-6-12(13)15/h1-7,17H,8H2. The molecule has 1 N–H and O–H groups in total. The third kappa shape index (κ3) is 3.45. The van der Waals surface area contributed by atoms with Crippen LogP contribution in [0.1, 0.15) is 5.56 Å². The lowest BCUT2D eigenvalue weighted by molar-refractivity contribution is 0.628. The predicted octanol–water partition coefficient (Wildman–Crippen LogP) is 4.85. The van der Waals surface area contributed by atoms with E-state index in [1.165, 1.54) is 12.1 Å². The molecule has 1 nitrogen and oxygen atoms in total. The van der Waals surface area contributed by atoms with Crippen molar-refractivity contribution in [2.45, 2.75) is 6.54 Å². The molecule has 0 radical (unpaired) electrons. The second-order valence-electron chi connectivity index (χ2n) is 3.60. The topological polar surface area (TPSA) is 12.0 Å². The van der Waals surface area contributed by atoms with E-state index >= 15 is 0 Å². The molecule has 0 atom stereocenters. The molecule has 88 valence electrons. The van der Waals surface area contributed by atoms with Crippen LogP contribution in [0.3, 0.4) is 0 Å². The summed E-state index contributed by atoms with van der Waals surface area (Å²) >= 11 is 9.32.